The minimum atomic E-state index is -0.302. The number of nitrogens with one attached hydrogen (secondary N) is 2. The Hall–Kier alpha value is -1.59. The number of morpholine rings is 1. The lowest BCUT2D eigenvalue weighted by Gasteiger charge is -2.23. The van der Waals surface area contributed by atoms with E-state index in [9.17, 15) is 4.79 Å². The molecule has 1 amide bonds. The molecule has 1 aromatic rings. The average Bonchev–Trinajstić information content (AvgIpc) is 2.40. The van der Waals surface area contributed by atoms with Gasteiger partial charge in [-0.25, -0.2) is 0 Å². The van der Waals surface area contributed by atoms with Crippen molar-refractivity contribution in [3.63, 3.8) is 0 Å². The molecule has 0 radical (unpaired) electrons. The highest BCUT2D eigenvalue weighted by Gasteiger charge is 2.21. The number of rotatable bonds is 3. The van der Waals surface area contributed by atoms with Gasteiger partial charge in [0.15, 0.2) is 0 Å². The molecule has 2 rings (SSSR count). The first kappa shape index (κ1) is 12.9. The predicted octanol–water partition coefficient (Wildman–Crippen LogP) is 0.931. The topological polar surface area (TPSA) is 59.6 Å². The molecular formula is C13H18N2O3. The molecular weight excluding hydrogens is 232 g/mol. The van der Waals surface area contributed by atoms with E-state index in [0.717, 1.165) is 5.56 Å². The minimum Gasteiger partial charge on any atom is -0.495 e. The zero-order chi connectivity index (χ0) is 13.0. The van der Waals surface area contributed by atoms with Gasteiger partial charge in [-0.15, -0.1) is 0 Å². The van der Waals surface area contributed by atoms with Crippen LogP contribution in [0.1, 0.15) is 5.56 Å². The summed E-state index contributed by atoms with van der Waals surface area (Å²) in [5, 5.41) is 5.98. The van der Waals surface area contributed by atoms with Crippen molar-refractivity contribution >= 4 is 11.6 Å². The number of carbonyl (C=O) groups excluding carboxylic acids is 1. The lowest BCUT2D eigenvalue weighted by Crippen LogP contribution is -2.48. The fraction of sp³-hybridized carbons (Fsp3) is 0.462. The Morgan fingerprint density at radius 2 is 2.39 bits per heavy atom. The molecule has 1 unspecified atom stereocenters. The van der Waals surface area contributed by atoms with Gasteiger partial charge in [0, 0.05) is 6.54 Å². The van der Waals surface area contributed by atoms with Crippen LogP contribution in [0, 0.1) is 6.92 Å². The van der Waals surface area contributed by atoms with Crippen LogP contribution in [-0.2, 0) is 9.53 Å². The third kappa shape index (κ3) is 3.00. The zero-order valence-corrected chi connectivity index (χ0v) is 10.7. The molecule has 1 heterocycles. The van der Waals surface area contributed by atoms with Gasteiger partial charge in [-0.2, -0.15) is 0 Å². The van der Waals surface area contributed by atoms with Crippen LogP contribution in [0.3, 0.4) is 0 Å². The molecule has 1 aromatic carbocycles. The number of ether oxygens (including phenoxy) is 2. The van der Waals surface area contributed by atoms with Gasteiger partial charge in [-0.1, -0.05) is 6.07 Å². The van der Waals surface area contributed by atoms with Crippen LogP contribution in [0.5, 0.6) is 5.75 Å². The van der Waals surface area contributed by atoms with E-state index in [0.29, 0.717) is 31.2 Å². The van der Waals surface area contributed by atoms with E-state index in [4.69, 9.17) is 9.47 Å². The maximum absolute atomic E-state index is 12.0. The van der Waals surface area contributed by atoms with Crippen LogP contribution in [-0.4, -0.2) is 38.8 Å². The molecule has 2 N–H and O–H groups in total. The molecule has 0 aliphatic carbocycles. The Bertz CT molecular complexity index is 428. The summed E-state index contributed by atoms with van der Waals surface area (Å²) < 4.78 is 10.5. The number of methoxy groups -OCH3 is 1. The van der Waals surface area contributed by atoms with Crippen molar-refractivity contribution in [1.29, 1.82) is 0 Å². The van der Waals surface area contributed by atoms with E-state index < -0.39 is 0 Å². The second-order valence-electron chi connectivity index (χ2n) is 4.27. The largest absolute Gasteiger partial charge is 0.495 e. The van der Waals surface area contributed by atoms with Crippen molar-refractivity contribution in [1.82, 2.24) is 5.32 Å². The van der Waals surface area contributed by atoms with Gasteiger partial charge in [-0.05, 0) is 24.6 Å². The molecule has 98 valence electrons. The summed E-state index contributed by atoms with van der Waals surface area (Å²) in [6.07, 6.45) is 0. The Morgan fingerprint density at radius 1 is 1.56 bits per heavy atom. The summed E-state index contributed by atoms with van der Waals surface area (Å²) >= 11 is 0. The van der Waals surface area contributed by atoms with Crippen molar-refractivity contribution in [2.75, 3.05) is 32.2 Å². The van der Waals surface area contributed by atoms with Crippen molar-refractivity contribution in [2.45, 2.75) is 13.0 Å². The van der Waals surface area contributed by atoms with Crippen LogP contribution in [0.25, 0.3) is 0 Å². The molecule has 1 fully saturated rings. The molecule has 1 saturated heterocycles. The van der Waals surface area contributed by atoms with Gasteiger partial charge >= 0.3 is 0 Å². The molecule has 1 aliphatic heterocycles. The van der Waals surface area contributed by atoms with Gasteiger partial charge in [0.1, 0.15) is 11.8 Å². The Morgan fingerprint density at radius 3 is 3.06 bits per heavy atom. The summed E-state index contributed by atoms with van der Waals surface area (Å²) in [4.78, 5) is 12.0. The first-order valence-electron chi connectivity index (χ1n) is 5.97. The Balaban J connectivity index is 2.07. The molecule has 1 atom stereocenters. The number of carbonyl (C=O) groups is 1. The fourth-order valence-corrected chi connectivity index (χ4v) is 1.87. The third-order valence-electron chi connectivity index (χ3n) is 2.85. The third-order valence-corrected chi connectivity index (χ3v) is 2.85. The van der Waals surface area contributed by atoms with Crippen LogP contribution >= 0.6 is 0 Å². The molecule has 0 spiro atoms. The van der Waals surface area contributed by atoms with Crippen molar-refractivity contribution in [2.24, 2.45) is 0 Å². The minimum absolute atomic E-state index is 0.0985. The number of hydrogen-bond donors (Lipinski definition) is 2. The molecule has 5 heteroatoms. The van der Waals surface area contributed by atoms with Crippen molar-refractivity contribution < 1.29 is 14.3 Å². The lowest BCUT2D eigenvalue weighted by atomic mass is 10.2. The van der Waals surface area contributed by atoms with Crippen LogP contribution in [0.2, 0.25) is 0 Å². The highest BCUT2D eigenvalue weighted by atomic mass is 16.5. The van der Waals surface area contributed by atoms with Gasteiger partial charge in [0.2, 0.25) is 5.91 Å². The van der Waals surface area contributed by atoms with E-state index in [1.807, 2.05) is 25.1 Å². The summed E-state index contributed by atoms with van der Waals surface area (Å²) in [5.74, 6) is 0.560. The lowest BCUT2D eigenvalue weighted by molar-refractivity contribution is -0.120. The SMILES string of the molecule is COc1ccc(C)cc1NC(=O)C1COCCN1. The standard InChI is InChI=1S/C13H18N2O3/c1-9-3-4-12(17-2)10(7-9)15-13(16)11-8-18-6-5-14-11/h3-4,7,11,14H,5-6,8H2,1-2H3,(H,15,16). The van der Waals surface area contributed by atoms with E-state index in [2.05, 4.69) is 10.6 Å². The number of anilines is 1. The monoisotopic (exact) mass is 250 g/mol. The molecule has 5 nitrogen and oxygen atoms in total. The molecule has 0 saturated carbocycles. The summed E-state index contributed by atoms with van der Waals surface area (Å²) in [6, 6.07) is 5.37. The summed E-state index contributed by atoms with van der Waals surface area (Å²) in [6.45, 7) is 3.72. The Labute approximate surface area is 106 Å². The molecule has 1 aliphatic rings. The van der Waals surface area contributed by atoms with E-state index in [1.54, 1.807) is 7.11 Å². The summed E-state index contributed by atoms with van der Waals surface area (Å²) in [5.41, 5.74) is 1.76. The van der Waals surface area contributed by atoms with Gasteiger partial charge < -0.3 is 20.1 Å². The van der Waals surface area contributed by atoms with Gasteiger partial charge in [0.25, 0.3) is 0 Å². The fourth-order valence-electron chi connectivity index (χ4n) is 1.87. The van der Waals surface area contributed by atoms with Crippen LogP contribution in [0.4, 0.5) is 5.69 Å². The molecule has 18 heavy (non-hydrogen) atoms. The summed E-state index contributed by atoms with van der Waals surface area (Å²) in [7, 11) is 1.59. The number of aryl methyl sites for hydroxylation is 1. The first-order valence-corrected chi connectivity index (χ1v) is 5.97. The number of benzene rings is 1. The maximum Gasteiger partial charge on any atom is 0.244 e. The average molecular weight is 250 g/mol. The predicted molar refractivity (Wildman–Crippen MR) is 69.0 cm³/mol. The zero-order valence-electron chi connectivity index (χ0n) is 10.7. The van der Waals surface area contributed by atoms with Gasteiger partial charge in [0.05, 0.1) is 26.0 Å². The smallest absolute Gasteiger partial charge is 0.244 e. The highest BCUT2D eigenvalue weighted by molar-refractivity contribution is 5.96. The molecule has 0 aromatic heterocycles. The van der Waals surface area contributed by atoms with Crippen molar-refractivity contribution in [3.8, 4) is 5.75 Å². The molecule has 0 bridgehead atoms. The number of hydrogen-bond acceptors (Lipinski definition) is 4. The van der Waals surface area contributed by atoms with E-state index >= 15 is 0 Å². The number of amides is 1. The van der Waals surface area contributed by atoms with Gasteiger partial charge in [-0.3, -0.25) is 4.79 Å². The second kappa shape index (κ2) is 5.84. The van der Waals surface area contributed by atoms with Crippen LogP contribution < -0.4 is 15.4 Å². The maximum atomic E-state index is 12.0. The Kier molecular flexibility index (Phi) is 4.17. The van der Waals surface area contributed by atoms with Crippen LogP contribution in [0.15, 0.2) is 18.2 Å². The second-order valence-corrected chi connectivity index (χ2v) is 4.27. The highest BCUT2D eigenvalue weighted by Crippen LogP contribution is 2.25. The van der Waals surface area contributed by atoms with E-state index in [1.165, 1.54) is 0 Å². The van der Waals surface area contributed by atoms with Crippen molar-refractivity contribution in [3.05, 3.63) is 23.8 Å². The normalized spacial score (nSPS) is 19.3. The van der Waals surface area contributed by atoms with E-state index in [-0.39, 0.29) is 11.9 Å². The quantitative estimate of drug-likeness (QED) is 0.838. The first-order chi connectivity index (χ1) is 8.70.